The number of aromatic amines is 1. The van der Waals surface area contributed by atoms with Gasteiger partial charge in [-0.05, 0) is 6.92 Å². The zero-order chi connectivity index (χ0) is 26.5. The van der Waals surface area contributed by atoms with Crippen molar-refractivity contribution in [1.29, 1.82) is 0 Å². The Morgan fingerprint density at radius 1 is 1.21 bits per heavy atom. The number of nitrogens with zero attached hydrogens (tertiary/aromatic N) is 1. The molecule has 21 heteroatoms. The molecule has 5 atom stereocenters. The van der Waals surface area contributed by atoms with Crippen LogP contribution >= 0.6 is 23.5 Å². The fraction of sp³-hybridized carbons (Fsp3) is 0.538. The monoisotopic (exact) mass is 560 g/mol. The van der Waals surface area contributed by atoms with E-state index >= 15 is 4.39 Å². The van der Waals surface area contributed by atoms with E-state index in [1.165, 1.54) is 6.92 Å². The van der Waals surface area contributed by atoms with Crippen molar-refractivity contribution in [2.45, 2.75) is 31.5 Å². The van der Waals surface area contributed by atoms with E-state index in [9.17, 15) is 37.7 Å². The van der Waals surface area contributed by atoms with Crippen molar-refractivity contribution in [1.82, 2.24) is 9.55 Å². The number of nitrogens with one attached hydrogen (secondary N) is 1. The molecule has 1 rings (SSSR count). The number of hydrogen-bond donors (Lipinski definition) is 6. The number of phosphoric ester groups is 1. The highest BCUT2D eigenvalue weighted by Crippen LogP contribution is 2.66. The minimum Gasteiger partial charge on any atom is -0.384 e. The molecule has 16 nitrogen and oxygen atoms in total. The number of aliphatic hydroxyl groups is 1. The average molecular weight is 560 g/mol. The Balaban J connectivity index is 3.21. The zero-order valence-electron chi connectivity index (χ0n) is 17.1. The smallest absolute Gasteiger partial charge is 0.384 e. The molecule has 1 aromatic heterocycles. The summed E-state index contributed by atoms with van der Waals surface area (Å²) in [5.41, 5.74) is -1.70. The number of aliphatic hydroxyl groups excluding tert-OH is 1. The predicted molar refractivity (Wildman–Crippen MR) is 107 cm³/mol. The van der Waals surface area contributed by atoms with E-state index in [0.717, 1.165) is 12.3 Å². The van der Waals surface area contributed by atoms with Crippen LogP contribution in [0.4, 0.5) is 8.78 Å². The summed E-state index contributed by atoms with van der Waals surface area (Å²) < 4.78 is 78.8. The van der Waals surface area contributed by atoms with Gasteiger partial charge in [0, 0.05) is 18.7 Å². The van der Waals surface area contributed by atoms with Gasteiger partial charge in [-0.15, -0.1) is 0 Å². The van der Waals surface area contributed by atoms with Crippen molar-refractivity contribution in [3.05, 3.63) is 45.3 Å². The topological polar surface area (TPSA) is 244 Å². The first-order valence-electron chi connectivity index (χ1n) is 8.64. The van der Waals surface area contributed by atoms with E-state index in [2.05, 4.69) is 19.7 Å². The maximum Gasteiger partial charge on any atom is 0.490 e. The third-order valence-electron chi connectivity index (χ3n) is 3.50. The van der Waals surface area contributed by atoms with Gasteiger partial charge in [0.1, 0.15) is 25.6 Å². The number of halogens is 2. The van der Waals surface area contributed by atoms with Crippen LogP contribution in [0, 0.1) is 0 Å². The summed E-state index contributed by atoms with van der Waals surface area (Å²) in [6, 6.07) is 0.841. The summed E-state index contributed by atoms with van der Waals surface area (Å²) in [6.45, 7) is 1.18. The van der Waals surface area contributed by atoms with Gasteiger partial charge in [0.25, 0.3) is 11.4 Å². The van der Waals surface area contributed by atoms with Crippen LogP contribution in [0.15, 0.2) is 34.0 Å². The van der Waals surface area contributed by atoms with Gasteiger partial charge in [-0.3, -0.25) is 18.9 Å². The number of aromatic nitrogens is 2. The highest BCUT2D eigenvalue weighted by molar-refractivity contribution is 7.66. The molecule has 0 aromatic carbocycles. The summed E-state index contributed by atoms with van der Waals surface area (Å²) in [7, 11) is -17.5. The Hall–Kier alpha value is -1.39. The first-order chi connectivity index (χ1) is 15.3. The molecule has 0 aliphatic heterocycles. The molecule has 0 fully saturated rings. The van der Waals surface area contributed by atoms with E-state index in [4.69, 9.17) is 19.4 Å². The van der Waals surface area contributed by atoms with Gasteiger partial charge in [-0.25, -0.2) is 27.3 Å². The molecule has 0 radical (unpaired) electrons. The van der Waals surface area contributed by atoms with Crippen molar-refractivity contribution in [3.63, 3.8) is 0 Å². The number of H-pyrrole nitrogens is 1. The Bertz CT molecular complexity index is 1130. The largest absolute Gasteiger partial charge is 0.490 e. The second kappa shape index (κ2) is 11.6. The highest BCUT2D eigenvalue weighted by Gasteiger charge is 2.47. The molecule has 0 spiro atoms. The Labute approximate surface area is 188 Å². The first-order valence-corrected chi connectivity index (χ1v) is 13.2. The molecule has 1 aromatic rings. The Kier molecular flexibility index (Phi) is 10.4. The van der Waals surface area contributed by atoms with Crippen molar-refractivity contribution in [2.75, 3.05) is 13.3 Å². The second-order valence-electron chi connectivity index (χ2n) is 6.57. The minimum absolute atomic E-state index is 0.257. The van der Waals surface area contributed by atoms with Crippen molar-refractivity contribution in [2.24, 2.45) is 0 Å². The van der Waals surface area contributed by atoms with Crippen LogP contribution in [0.5, 0.6) is 0 Å². The Morgan fingerprint density at radius 3 is 2.26 bits per heavy atom. The number of alkyl halides is 2. The van der Waals surface area contributed by atoms with Crippen molar-refractivity contribution in [3.8, 4) is 0 Å². The third-order valence-corrected chi connectivity index (χ3v) is 7.28. The van der Waals surface area contributed by atoms with Crippen LogP contribution < -0.4 is 11.2 Å². The lowest BCUT2D eigenvalue weighted by Gasteiger charge is -2.33. The molecule has 34 heavy (non-hydrogen) atoms. The van der Waals surface area contributed by atoms with Crippen LogP contribution in [0.25, 0.3) is 0 Å². The standard InChI is InChI=1S/C13H21F2N2O14P3/c1-8(2)5-11(17-4-3-10(19)16-12(17)20)29-13(15,9(18)6-14)7-28-33(24,25)31-34(26,27)30-32(21,22)23/h3-4,9,11,18H,1,5-7H2,2H3,(H,24,25)(H,26,27)(H,16,19,20)(H2,21,22,23)/t9-,11+,13+/m0/s1. The van der Waals surface area contributed by atoms with Crippen LogP contribution in [0.3, 0.4) is 0 Å². The number of ether oxygens (including phenoxy) is 1. The molecule has 196 valence electrons. The summed E-state index contributed by atoms with van der Waals surface area (Å²) in [5.74, 6) is -3.74. The fourth-order valence-electron chi connectivity index (χ4n) is 2.17. The summed E-state index contributed by atoms with van der Waals surface area (Å²) in [4.78, 5) is 60.7. The SMILES string of the molecule is C=C(C)C[C@@H](O[C@](F)(COP(=O)(O)OP(=O)(O)OP(=O)(O)O)[C@@H](O)CF)n1ccc(=O)[nH]c1=O. The van der Waals surface area contributed by atoms with Gasteiger partial charge in [0.2, 0.25) is 0 Å². The molecule has 0 aliphatic rings. The highest BCUT2D eigenvalue weighted by atomic mass is 31.3. The van der Waals surface area contributed by atoms with E-state index < -0.39 is 66.2 Å². The normalized spacial score (nSPS) is 19.4. The van der Waals surface area contributed by atoms with E-state index in [0.29, 0.717) is 4.57 Å². The summed E-state index contributed by atoms with van der Waals surface area (Å²) in [6.07, 6.45) is -3.98. The number of rotatable bonds is 14. The molecular weight excluding hydrogens is 539 g/mol. The van der Waals surface area contributed by atoms with E-state index in [1.807, 2.05) is 4.98 Å². The summed E-state index contributed by atoms with van der Waals surface area (Å²) >= 11 is 0. The maximum atomic E-state index is 15.4. The third kappa shape index (κ3) is 10.1. The molecule has 0 saturated heterocycles. The number of phosphoric acid groups is 3. The van der Waals surface area contributed by atoms with Gasteiger partial charge >= 0.3 is 29.2 Å². The van der Waals surface area contributed by atoms with Gasteiger partial charge in [-0.1, -0.05) is 12.2 Å². The zero-order valence-corrected chi connectivity index (χ0v) is 19.8. The molecule has 1 heterocycles. The molecule has 0 aliphatic carbocycles. The van der Waals surface area contributed by atoms with Gasteiger partial charge in [0.15, 0.2) is 0 Å². The van der Waals surface area contributed by atoms with Crippen molar-refractivity contribution >= 4 is 23.5 Å². The molecular formula is C13H21F2N2O14P3. The van der Waals surface area contributed by atoms with E-state index in [1.54, 1.807) is 0 Å². The second-order valence-corrected chi connectivity index (χ2v) is 11.0. The van der Waals surface area contributed by atoms with Gasteiger partial charge in [-0.2, -0.15) is 8.62 Å². The molecule has 6 N–H and O–H groups in total. The lowest BCUT2D eigenvalue weighted by atomic mass is 10.1. The molecule has 0 amide bonds. The lowest BCUT2D eigenvalue weighted by Crippen LogP contribution is -2.48. The minimum atomic E-state index is -5.95. The van der Waals surface area contributed by atoms with Crippen LogP contribution in [-0.4, -0.2) is 59.5 Å². The summed E-state index contributed by atoms with van der Waals surface area (Å²) in [5, 5.41) is 9.74. The van der Waals surface area contributed by atoms with Gasteiger partial charge in [0.05, 0.1) is 0 Å². The van der Waals surface area contributed by atoms with Crippen molar-refractivity contribution < 1.29 is 65.0 Å². The lowest BCUT2D eigenvalue weighted by molar-refractivity contribution is -0.264. The molecule has 0 bridgehead atoms. The maximum absolute atomic E-state index is 15.4. The first kappa shape index (κ1) is 30.6. The van der Waals surface area contributed by atoms with E-state index in [-0.39, 0.29) is 12.0 Å². The number of hydrogen-bond acceptors (Lipinski definition) is 10. The van der Waals surface area contributed by atoms with Crippen LogP contribution in [0.2, 0.25) is 0 Å². The molecule has 2 unspecified atom stereocenters. The fourth-order valence-corrected chi connectivity index (χ4v) is 5.21. The van der Waals surface area contributed by atoms with Crippen LogP contribution in [0.1, 0.15) is 19.6 Å². The van der Waals surface area contributed by atoms with Gasteiger partial charge < -0.3 is 29.4 Å². The predicted octanol–water partition coefficient (Wildman–Crippen LogP) is 0.357. The average Bonchev–Trinajstić information content (AvgIpc) is 2.62. The quantitative estimate of drug-likeness (QED) is 0.133. The van der Waals surface area contributed by atoms with Crippen LogP contribution in [-0.2, 0) is 31.6 Å². The Morgan fingerprint density at radius 2 is 1.79 bits per heavy atom. The molecule has 0 saturated carbocycles.